The second-order valence-electron chi connectivity index (χ2n) is 6.70. The van der Waals surface area contributed by atoms with Crippen LogP contribution in [0.4, 0.5) is 5.69 Å². The maximum Gasteiger partial charge on any atom is 0.243 e. The Balaban J connectivity index is 1.85. The molecule has 3 aromatic rings. The van der Waals surface area contributed by atoms with E-state index in [4.69, 9.17) is 0 Å². The van der Waals surface area contributed by atoms with E-state index in [1.165, 1.54) is 16.4 Å². The summed E-state index contributed by atoms with van der Waals surface area (Å²) in [6.45, 7) is 4.41. The highest BCUT2D eigenvalue weighted by atomic mass is 32.2. The number of carbonyl (C=O) groups is 1. The molecule has 1 aromatic heterocycles. The van der Waals surface area contributed by atoms with Crippen LogP contribution in [0.3, 0.4) is 0 Å². The second kappa shape index (κ2) is 9.65. The van der Waals surface area contributed by atoms with Gasteiger partial charge in [-0.15, -0.1) is 0 Å². The van der Waals surface area contributed by atoms with Crippen molar-refractivity contribution in [3.05, 3.63) is 90.3 Å². The fraction of sp³-hybridized carbons (Fsp3) is 0.217. The summed E-state index contributed by atoms with van der Waals surface area (Å²) in [7, 11) is -3.54. The van der Waals surface area contributed by atoms with Crippen molar-refractivity contribution in [3.63, 3.8) is 0 Å². The second-order valence-corrected chi connectivity index (χ2v) is 8.64. The average molecular weight is 424 g/mol. The summed E-state index contributed by atoms with van der Waals surface area (Å²) in [4.78, 5) is 17.7. The van der Waals surface area contributed by atoms with E-state index in [-0.39, 0.29) is 10.8 Å². The molecule has 1 unspecified atom stereocenters. The van der Waals surface area contributed by atoms with Crippen LogP contribution in [0.1, 0.15) is 31.0 Å². The van der Waals surface area contributed by atoms with Crippen molar-refractivity contribution < 1.29 is 13.2 Å². The van der Waals surface area contributed by atoms with Gasteiger partial charge in [-0.1, -0.05) is 50.2 Å². The van der Waals surface area contributed by atoms with Gasteiger partial charge in [0.2, 0.25) is 15.9 Å². The van der Waals surface area contributed by atoms with Crippen molar-refractivity contribution in [2.45, 2.75) is 24.7 Å². The largest absolute Gasteiger partial charge is 0.325 e. The first-order valence-electron chi connectivity index (χ1n) is 9.84. The fourth-order valence-electron chi connectivity index (χ4n) is 3.29. The van der Waals surface area contributed by atoms with E-state index in [9.17, 15) is 13.2 Å². The van der Waals surface area contributed by atoms with Crippen LogP contribution in [0, 0.1) is 0 Å². The molecule has 1 N–H and O–H groups in total. The molecule has 1 heterocycles. The third kappa shape index (κ3) is 4.75. The summed E-state index contributed by atoms with van der Waals surface area (Å²) >= 11 is 0. The third-order valence-corrected chi connectivity index (χ3v) is 6.91. The SMILES string of the molecule is CCN(CC)S(=O)(=O)c1ccc(NC(=O)C(c2ccccc2)c2ccccn2)cc1. The van der Waals surface area contributed by atoms with Gasteiger partial charge in [-0.25, -0.2) is 8.42 Å². The zero-order chi connectivity index (χ0) is 21.6. The maximum absolute atomic E-state index is 13.1. The number of hydrogen-bond donors (Lipinski definition) is 1. The standard InChI is InChI=1S/C23H25N3O3S/c1-3-26(4-2)30(28,29)20-15-13-19(14-16-20)25-23(27)22(18-10-6-5-7-11-18)21-12-8-9-17-24-21/h5-17,22H,3-4H2,1-2H3,(H,25,27). The minimum Gasteiger partial charge on any atom is -0.325 e. The van der Waals surface area contributed by atoms with Crippen LogP contribution in [0.25, 0.3) is 0 Å². The summed E-state index contributed by atoms with van der Waals surface area (Å²) in [5.41, 5.74) is 1.99. The first kappa shape index (κ1) is 21.7. The van der Waals surface area contributed by atoms with Crippen molar-refractivity contribution in [1.29, 1.82) is 0 Å². The van der Waals surface area contributed by atoms with Crippen LogP contribution < -0.4 is 5.32 Å². The lowest BCUT2D eigenvalue weighted by Crippen LogP contribution is -2.30. The van der Waals surface area contributed by atoms with E-state index in [0.717, 1.165) is 5.56 Å². The minimum absolute atomic E-state index is 0.202. The number of rotatable bonds is 8. The van der Waals surface area contributed by atoms with Gasteiger partial charge in [0, 0.05) is 25.0 Å². The molecule has 0 aliphatic rings. The Labute approximate surface area is 177 Å². The predicted molar refractivity (Wildman–Crippen MR) is 118 cm³/mol. The lowest BCUT2D eigenvalue weighted by Gasteiger charge is -2.19. The van der Waals surface area contributed by atoms with Crippen molar-refractivity contribution in [3.8, 4) is 0 Å². The number of aromatic nitrogens is 1. The normalized spacial score (nSPS) is 12.5. The number of pyridine rings is 1. The van der Waals surface area contributed by atoms with Crippen LogP contribution in [-0.2, 0) is 14.8 Å². The molecule has 0 fully saturated rings. The van der Waals surface area contributed by atoms with Gasteiger partial charge in [0.1, 0.15) is 5.92 Å². The Bertz CT molecular complexity index is 1030. The Morgan fingerprint density at radius 1 is 0.933 bits per heavy atom. The number of carbonyl (C=O) groups excluding carboxylic acids is 1. The monoisotopic (exact) mass is 423 g/mol. The summed E-state index contributed by atoms with van der Waals surface area (Å²) < 4.78 is 26.7. The molecule has 1 amide bonds. The smallest absolute Gasteiger partial charge is 0.243 e. The quantitative estimate of drug-likeness (QED) is 0.596. The molecule has 30 heavy (non-hydrogen) atoms. The summed E-state index contributed by atoms with van der Waals surface area (Å²) in [5, 5.41) is 2.89. The van der Waals surface area contributed by atoms with Crippen LogP contribution in [0.2, 0.25) is 0 Å². The molecule has 0 spiro atoms. The number of nitrogens with zero attached hydrogens (tertiary/aromatic N) is 2. The van der Waals surface area contributed by atoms with Crippen molar-refractivity contribution in [2.75, 3.05) is 18.4 Å². The number of amides is 1. The van der Waals surface area contributed by atoms with Gasteiger partial charge >= 0.3 is 0 Å². The Morgan fingerprint density at radius 2 is 1.57 bits per heavy atom. The van der Waals surface area contributed by atoms with E-state index < -0.39 is 15.9 Å². The fourth-order valence-corrected chi connectivity index (χ4v) is 4.74. The molecule has 0 radical (unpaired) electrons. The average Bonchev–Trinajstić information content (AvgIpc) is 2.76. The van der Waals surface area contributed by atoms with E-state index in [1.807, 2.05) is 42.5 Å². The van der Waals surface area contributed by atoms with Gasteiger partial charge in [-0.05, 0) is 42.0 Å². The molecule has 3 rings (SSSR count). The van der Waals surface area contributed by atoms with Crippen LogP contribution >= 0.6 is 0 Å². The van der Waals surface area contributed by atoms with E-state index in [1.54, 1.807) is 38.2 Å². The van der Waals surface area contributed by atoms with Gasteiger partial charge in [0.25, 0.3) is 0 Å². The highest BCUT2D eigenvalue weighted by molar-refractivity contribution is 7.89. The Morgan fingerprint density at radius 3 is 2.13 bits per heavy atom. The highest BCUT2D eigenvalue weighted by Gasteiger charge is 2.25. The molecule has 0 bridgehead atoms. The van der Waals surface area contributed by atoms with Gasteiger partial charge < -0.3 is 5.32 Å². The van der Waals surface area contributed by atoms with Crippen molar-refractivity contribution in [1.82, 2.24) is 9.29 Å². The molecule has 7 heteroatoms. The van der Waals surface area contributed by atoms with Crippen molar-refractivity contribution in [2.24, 2.45) is 0 Å². The van der Waals surface area contributed by atoms with Gasteiger partial charge in [0.15, 0.2) is 0 Å². The first-order chi connectivity index (χ1) is 14.5. The number of sulfonamides is 1. The molecule has 2 aromatic carbocycles. The molecule has 0 saturated heterocycles. The van der Waals surface area contributed by atoms with E-state index in [2.05, 4.69) is 10.3 Å². The van der Waals surface area contributed by atoms with Crippen LogP contribution in [0.15, 0.2) is 83.9 Å². The first-order valence-corrected chi connectivity index (χ1v) is 11.3. The highest BCUT2D eigenvalue weighted by Crippen LogP contribution is 2.25. The van der Waals surface area contributed by atoms with Gasteiger partial charge in [-0.2, -0.15) is 4.31 Å². The number of benzene rings is 2. The molecule has 1 atom stereocenters. The Hall–Kier alpha value is -3.03. The molecule has 6 nitrogen and oxygen atoms in total. The molecular formula is C23H25N3O3S. The lowest BCUT2D eigenvalue weighted by molar-refractivity contribution is -0.116. The molecule has 0 aliphatic heterocycles. The zero-order valence-electron chi connectivity index (χ0n) is 17.0. The molecular weight excluding hydrogens is 398 g/mol. The Kier molecular flexibility index (Phi) is 6.97. The van der Waals surface area contributed by atoms with E-state index >= 15 is 0 Å². The predicted octanol–water partition coefficient (Wildman–Crippen LogP) is 3.88. The molecule has 156 valence electrons. The number of hydrogen-bond acceptors (Lipinski definition) is 4. The summed E-state index contributed by atoms with van der Waals surface area (Å²) in [6, 6.07) is 21.1. The van der Waals surface area contributed by atoms with Crippen molar-refractivity contribution >= 4 is 21.6 Å². The topological polar surface area (TPSA) is 79.4 Å². The number of anilines is 1. The van der Waals surface area contributed by atoms with Crippen LogP contribution in [-0.4, -0.2) is 36.7 Å². The summed E-state index contributed by atoms with van der Waals surface area (Å²) in [5.74, 6) is -0.814. The van der Waals surface area contributed by atoms with Crippen LogP contribution in [0.5, 0.6) is 0 Å². The number of nitrogens with one attached hydrogen (secondary N) is 1. The molecule has 0 aliphatic carbocycles. The zero-order valence-corrected chi connectivity index (χ0v) is 17.8. The summed E-state index contributed by atoms with van der Waals surface area (Å²) in [6.07, 6.45) is 1.66. The minimum atomic E-state index is -3.54. The van der Waals surface area contributed by atoms with Gasteiger partial charge in [-0.3, -0.25) is 9.78 Å². The van der Waals surface area contributed by atoms with E-state index in [0.29, 0.717) is 24.5 Å². The lowest BCUT2D eigenvalue weighted by atomic mass is 9.94. The maximum atomic E-state index is 13.1. The van der Waals surface area contributed by atoms with Gasteiger partial charge in [0.05, 0.1) is 10.6 Å². The third-order valence-electron chi connectivity index (χ3n) is 4.84. The molecule has 0 saturated carbocycles.